The molecule has 42 valence electrons. The van der Waals surface area contributed by atoms with E-state index in [-0.39, 0.29) is 0 Å². The Morgan fingerprint density at radius 1 is 1.86 bits per heavy atom. The maximum atomic E-state index is 9.61. The average molecular weight is 119 g/mol. The van der Waals surface area contributed by atoms with Gasteiger partial charge >= 0.3 is 0 Å². The summed E-state index contributed by atoms with van der Waals surface area (Å²) in [6.45, 7) is 0.906. The summed E-state index contributed by atoms with van der Waals surface area (Å²) in [7, 11) is 1.87. The van der Waals surface area contributed by atoms with Gasteiger partial charge in [-0.05, 0) is 7.05 Å². The summed E-state index contributed by atoms with van der Waals surface area (Å²) in [4.78, 5) is 9.61. The highest BCUT2D eigenvalue weighted by atomic mass is 32.2. The maximum Gasteiger partial charge on any atom is 0.176 e. The van der Waals surface area contributed by atoms with Crippen molar-refractivity contribution < 1.29 is 4.79 Å². The zero-order valence-corrected chi connectivity index (χ0v) is 5.12. The minimum absolute atomic E-state index is 0.858. The van der Waals surface area contributed by atoms with E-state index in [1.807, 2.05) is 7.05 Å². The first kappa shape index (κ1) is 6.98. The van der Waals surface area contributed by atoms with E-state index in [9.17, 15) is 4.79 Å². The van der Waals surface area contributed by atoms with Crippen LogP contribution in [0.2, 0.25) is 0 Å². The lowest BCUT2D eigenvalue weighted by molar-refractivity contribution is 0.570. The van der Waals surface area contributed by atoms with E-state index >= 15 is 0 Å². The Hall–Kier alpha value is -0.0200. The van der Waals surface area contributed by atoms with Crippen molar-refractivity contribution >= 4 is 17.4 Å². The van der Waals surface area contributed by atoms with Crippen LogP contribution < -0.4 is 5.32 Å². The third-order valence-corrected chi connectivity index (χ3v) is 1.11. The SMILES string of the molecule is CNCCSC=O. The van der Waals surface area contributed by atoms with Gasteiger partial charge in [-0.15, -0.1) is 0 Å². The Labute approximate surface area is 47.7 Å². The van der Waals surface area contributed by atoms with Crippen LogP contribution in [0.25, 0.3) is 0 Å². The smallest absolute Gasteiger partial charge is 0.176 e. The van der Waals surface area contributed by atoms with E-state index in [0.29, 0.717) is 0 Å². The molecule has 0 bridgehead atoms. The molecule has 2 nitrogen and oxygen atoms in total. The third-order valence-electron chi connectivity index (χ3n) is 0.538. The van der Waals surface area contributed by atoms with Crippen LogP contribution in [0.15, 0.2) is 0 Å². The summed E-state index contributed by atoms with van der Waals surface area (Å²) in [6, 6.07) is 0. The molecule has 0 amide bonds. The predicted molar refractivity (Wildman–Crippen MR) is 33.1 cm³/mol. The van der Waals surface area contributed by atoms with Gasteiger partial charge in [-0.1, -0.05) is 11.8 Å². The molecule has 0 aromatic rings. The second-order valence-electron chi connectivity index (χ2n) is 1.07. The first-order chi connectivity index (χ1) is 3.41. The van der Waals surface area contributed by atoms with Crippen LogP contribution in [0.4, 0.5) is 0 Å². The van der Waals surface area contributed by atoms with Gasteiger partial charge in [0.2, 0.25) is 0 Å². The molecule has 7 heavy (non-hydrogen) atoms. The van der Waals surface area contributed by atoms with Crippen LogP contribution >= 0.6 is 11.8 Å². The lowest BCUT2D eigenvalue weighted by Crippen LogP contribution is -2.09. The van der Waals surface area contributed by atoms with E-state index in [0.717, 1.165) is 17.9 Å². The molecule has 0 saturated carbocycles. The summed E-state index contributed by atoms with van der Waals surface area (Å²) in [5, 5.41) is 2.92. The van der Waals surface area contributed by atoms with E-state index in [4.69, 9.17) is 0 Å². The van der Waals surface area contributed by atoms with Gasteiger partial charge in [-0.2, -0.15) is 0 Å². The first-order valence-electron chi connectivity index (χ1n) is 2.11. The molecule has 0 aliphatic rings. The molecule has 0 aliphatic heterocycles. The van der Waals surface area contributed by atoms with Crippen LogP contribution in [0.5, 0.6) is 0 Å². The van der Waals surface area contributed by atoms with Crippen molar-refractivity contribution in [2.75, 3.05) is 19.3 Å². The Bertz CT molecular complexity index is 49.0. The highest BCUT2D eigenvalue weighted by Gasteiger charge is 1.78. The number of hydrogen-bond acceptors (Lipinski definition) is 3. The summed E-state index contributed by atoms with van der Waals surface area (Å²) >= 11 is 1.29. The Kier molecular flexibility index (Phi) is 5.96. The van der Waals surface area contributed by atoms with Crippen LogP contribution in [0.3, 0.4) is 0 Å². The van der Waals surface area contributed by atoms with Crippen molar-refractivity contribution in [3.8, 4) is 0 Å². The lowest BCUT2D eigenvalue weighted by atomic mass is 10.8. The number of nitrogens with one attached hydrogen (secondary N) is 1. The fourth-order valence-electron chi connectivity index (χ4n) is 0.209. The van der Waals surface area contributed by atoms with E-state index in [2.05, 4.69) is 5.32 Å². The molecule has 0 fully saturated rings. The highest BCUT2D eigenvalue weighted by Crippen LogP contribution is 1.87. The normalized spacial score (nSPS) is 8.71. The van der Waals surface area contributed by atoms with Crippen LogP contribution in [0, 0.1) is 0 Å². The molecule has 3 heteroatoms. The molecular formula is C4H9NOS. The molecule has 0 radical (unpaired) electrons. The number of rotatable bonds is 4. The molecule has 0 aromatic carbocycles. The van der Waals surface area contributed by atoms with Gasteiger partial charge in [-0.25, -0.2) is 0 Å². The third kappa shape index (κ3) is 5.98. The summed E-state index contributed by atoms with van der Waals surface area (Å²) < 4.78 is 0. The molecule has 0 spiro atoms. The van der Waals surface area contributed by atoms with Gasteiger partial charge < -0.3 is 5.32 Å². The predicted octanol–water partition coefficient (Wildman–Crippen LogP) is 0.129. The van der Waals surface area contributed by atoms with Crippen molar-refractivity contribution in [3.05, 3.63) is 0 Å². The number of thioether (sulfide) groups is 1. The number of carbonyl (C=O) groups is 1. The zero-order chi connectivity index (χ0) is 5.54. The Balaban J connectivity index is 2.56. The van der Waals surface area contributed by atoms with E-state index < -0.39 is 0 Å². The van der Waals surface area contributed by atoms with Crippen molar-refractivity contribution in [1.82, 2.24) is 5.32 Å². The van der Waals surface area contributed by atoms with Crippen molar-refractivity contribution in [2.45, 2.75) is 0 Å². The molecule has 0 heterocycles. The van der Waals surface area contributed by atoms with Crippen LogP contribution in [-0.2, 0) is 4.79 Å². The number of hydrogen-bond donors (Lipinski definition) is 1. The standard InChI is InChI=1S/C4H9NOS/c1-5-2-3-7-4-6/h4-5H,2-3H2,1H3. The fourth-order valence-corrected chi connectivity index (χ4v) is 0.627. The van der Waals surface area contributed by atoms with Gasteiger partial charge in [0, 0.05) is 12.3 Å². The molecule has 0 rings (SSSR count). The van der Waals surface area contributed by atoms with Crippen molar-refractivity contribution in [2.24, 2.45) is 0 Å². The van der Waals surface area contributed by atoms with E-state index in [1.54, 1.807) is 0 Å². The Morgan fingerprint density at radius 3 is 3.00 bits per heavy atom. The second-order valence-corrected chi connectivity index (χ2v) is 2.00. The average Bonchev–Trinajstić information content (AvgIpc) is 1.69. The lowest BCUT2D eigenvalue weighted by Gasteiger charge is -1.89. The number of carbonyl (C=O) groups excluding carboxylic acids is 1. The van der Waals surface area contributed by atoms with Gasteiger partial charge in [0.15, 0.2) is 5.62 Å². The zero-order valence-electron chi connectivity index (χ0n) is 4.31. The minimum atomic E-state index is 0.858. The van der Waals surface area contributed by atoms with Gasteiger partial charge in [0.25, 0.3) is 0 Å². The van der Waals surface area contributed by atoms with E-state index in [1.165, 1.54) is 11.8 Å². The monoisotopic (exact) mass is 119 g/mol. The molecule has 0 aliphatic carbocycles. The van der Waals surface area contributed by atoms with Gasteiger partial charge in [0.1, 0.15) is 0 Å². The molecular weight excluding hydrogens is 110 g/mol. The topological polar surface area (TPSA) is 29.1 Å². The largest absolute Gasteiger partial charge is 0.319 e. The van der Waals surface area contributed by atoms with Crippen LogP contribution in [0.1, 0.15) is 0 Å². The molecule has 0 saturated heterocycles. The highest BCUT2D eigenvalue weighted by molar-refractivity contribution is 8.11. The van der Waals surface area contributed by atoms with Crippen molar-refractivity contribution in [3.63, 3.8) is 0 Å². The maximum absolute atomic E-state index is 9.61. The molecule has 0 aromatic heterocycles. The van der Waals surface area contributed by atoms with Gasteiger partial charge in [0.05, 0.1) is 0 Å². The molecule has 0 atom stereocenters. The summed E-state index contributed by atoms with van der Waals surface area (Å²) in [5.74, 6) is 0.875. The van der Waals surface area contributed by atoms with Gasteiger partial charge in [-0.3, -0.25) is 4.79 Å². The molecule has 1 N–H and O–H groups in total. The minimum Gasteiger partial charge on any atom is -0.319 e. The summed E-state index contributed by atoms with van der Waals surface area (Å²) in [6.07, 6.45) is 0. The summed E-state index contributed by atoms with van der Waals surface area (Å²) in [5.41, 5.74) is 0.858. The second kappa shape index (κ2) is 5.98. The Morgan fingerprint density at radius 2 is 2.57 bits per heavy atom. The fraction of sp³-hybridized carbons (Fsp3) is 0.750. The van der Waals surface area contributed by atoms with Crippen LogP contribution in [-0.4, -0.2) is 25.0 Å². The van der Waals surface area contributed by atoms with Crippen molar-refractivity contribution in [1.29, 1.82) is 0 Å². The quantitative estimate of drug-likeness (QED) is 0.421. The first-order valence-corrected chi connectivity index (χ1v) is 3.16. The molecule has 0 unspecified atom stereocenters.